The maximum absolute atomic E-state index is 13.4. The molecular weight excluding hydrogens is 384 g/mol. The minimum Gasteiger partial charge on any atom is -0.369 e. The summed E-state index contributed by atoms with van der Waals surface area (Å²) in [5.41, 5.74) is 2.01. The first-order valence-corrected chi connectivity index (χ1v) is 11.0. The zero-order chi connectivity index (χ0) is 20.4. The van der Waals surface area contributed by atoms with Gasteiger partial charge in [0.1, 0.15) is 0 Å². The standard InChI is InChI=1S/C22H24N4O2S/c1-2-17-10-11-19(25-14-12-24-13-15-25)16-21(17)26(23)29(27,28)22-9-5-7-18-6-3-4-8-20(18)22/h2-11,16,24H,1,12-15,23H2. The van der Waals surface area contributed by atoms with Crippen LogP contribution in [0, 0.1) is 0 Å². The van der Waals surface area contributed by atoms with Crippen LogP contribution in [-0.4, -0.2) is 34.6 Å². The first-order chi connectivity index (χ1) is 14.0. The predicted molar refractivity (Wildman–Crippen MR) is 119 cm³/mol. The number of nitrogens with one attached hydrogen (secondary N) is 1. The minimum atomic E-state index is -3.97. The van der Waals surface area contributed by atoms with Crippen LogP contribution in [0.4, 0.5) is 11.4 Å². The molecule has 150 valence electrons. The number of fused-ring (bicyclic) bond motifs is 1. The number of hydrazine groups is 1. The van der Waals surface area contributed by atoms with Gasteiger partial charge in [0, 0.05) is 42.8 Å². The average Bonchev–Trinajstić information content (AvgIpc) is 2.78. The Kier molecular flexibility index (Phi) is 5.27. The van der Waals surface area contributed by atoms with Gasteiger partial charge in [0.2, 0.25) is 0 Å². The van der Waals surface area contributed by atoms with Crippen LogP contribution in [0.15, 0.2) is 72.1 Å². The highest BCUT2D eigenvalue weighted by Crippen LogP contribution is 2.32. The van der Waals surface area contributed by atoms with E-state index in [2.05, 4.69) is 16.8 Å². The SMILES string of the molecule is C=Cc1ccc(N2CCNCC2)cc1N(N)S(=O)(=O)c1cccc2ccccc12. The Morgan fingerprint density at radius 3 is 2.52 bits per heavy atom. The molecule has 3 aromatic rings. The Bertz CT molecular complexity index is 1150. The average molecular weight is 409 g/mol. The van der Waals surface area contributed by atoms with Gasteiger partial charge in [0.05, 0.1) is 10.6 Å². The Labute approximate surface area is 171 Å². The molecule has 0 saturated carbocycles. The third-order valence-corrected chi connectivity index (χ3v) is 6.87. The molecule has 0 bridgehead atoms. The monoisotopic (exact) mass is 408 g/mol. The van der Waals surface area contributed by atoms with Gasteiger partial charge in [-0.15, -0.1) is 0 Å². The van der Waals surface area contributed by atoms with E-state index in [0.29, 0.717) is 16.6 Å². The van der Waals surface area contributed by atoms with E-state index in [1.807, 2.05) is 42.5 Å². The summed E-state index contributed by atoms with van der Waals surface area (Å²) >= 11 is 0. The van der Waals surface area contributed by atoms with Crippen molar-refractivity contribution in [3.8, 4) is 0 Å². The van der Waals surface area contributed by atoms with Crippen LogP contribution in [0.5, 0.6) is 0 Å². The molecule has 29 heavy (non-hydrogen) atoms. The molecule has 0 atom stereocenters. The lowest BCUT2D eigenvalue weighted by Gasteiger charge is -2.31. The number of hydrogen-bond donors (Lipinski definition) is 2. The van der Waals surface area contributed by atoms with Gasteiger partial charge in [-0.05, 0) is 23.6 Å². The number of rotatable bonds is 5. The van der Waals surface area contributed by atoms with E-state index < -0.39 is 10.0 Å². The number of benzene rings is 3. The zero-order valence-electron chi connectivity index (χ0n) is 16.1. The van der Waals surface area contributed by atoms with Gasteiger partial charge in [-0.25, -0.2) is 10.3 Å². The van der Waals surface area contributed by atoms with Crippen LogP contribution >= 0.6 is 0 Å². The normalized spacial score (nSPS) is 14.7. The van der Waals surface area contributed by atoms with E-state index in [9.17, 15) is 8.42 Å². The lowest BCUT2D eigenvalue weighted by molar-refractivity contribution is 0.588. The quantitative estimate of drug-likeness (QED) is 0.501. The van der Waals surface area contributed by atoms with Gasteiger partial charge >= 0.3 is 0 Å². The zero-order valence-corrected chi connectivity index (χ0v) is 16.9. The molecule has 3 aromatic carbocycles. The molecule has 6 nitrogen and oxygen atoms in total. The van der Waals surface area contributed by atoms with E-state index in [-0.39, 0.29) is 4.90 Å². The highest BCUT2D eigenvalue weighted by atomic mass is 32.2. The summed E-state index contributed by atoms with van der Waals surface area (Å²) in [6, 6.07) is 18.2. The van der Waals surface area contributed by atoms with Crippen molar-refractivity contribution in [2.24, 2.45) is 5.84 Å². The number of nitrogens with zero attached hydrogens (tertiary/aromatic N) is 2. The molecule has 0 radical (unpaired) electrons. The first-order valence-electron chi connectivity index (χ1n) is 9.52. The largest absolute Gasteiger partial charge is 0.369 e. The molecule has 1 fully saturated rings. The number of hydrogen-bond acceptors (Lipinski definition) is 5. The molecule has 1 aliphatic rings. The molecule has 3 N–H and O–H groups in total. The van der Waals surface area contributed by atoms with Crippen LogP contribution in [0.2, 0.25) is 0 Å². The van der Waals surface area contributed by atoms with E-state index in [4.69, 9.17) is 5.84 Å². The van der Waals surface area contributed by atoms with Crippen molar-refractivity contribution < 1.29 is 8.42 Å². The molecule has 1 aliphatic heterocycles. The van der Waals surface area contributed by atoms with Crippen LogP contribution in [0.25, 0.3) is 16.8 Å². The van der Waals surface area contributed by atoms with Crippen molar-refractivity contribution in [2.75, 3.05) is 35.5 Å². The molecule has 0 aliphatic carbocycles. The fraction of sp³-hybridized carbons (Fsp3) is 0.182. The predicted octanol–water partition coefficient (Wildman–Crippen LogP) is 2.96. The third-order valence-electron chi connectivity index (χ3n) is 5.24. The lowest BCUT2D eigenvalue weighted by atomic mass is 10.1. The molecule has 1 saturated heterocycles. The molecule has 1 heterocycles. The summed E-state index contributed by atoms with van der Waals surface area (Å²) in [4.78, 5) is 2.39. The number of nitrogens with two attached hydrogens (primary N) is 1. The second kappa shape index (κ2) is 7.87. The second-order valence-corrected chi connectivity index (χ2v) is 8.75. The third kappa shape index (κ3) is 3.60. The molecule has 0 aromatic heterocycles. The van der Waals surface area contributed by atoms with Gasteiger partial charge < -0.3 is 10.2 Å². The Morgan fingerprint density at radius 1 is 1.03 bits per heavy atom. The fourth-order valence-electron chi connectivity index (χ4n) is 3.67. The second-order valence-electron chi connectivity index (χ2n) is 6.96. The van der Waals surface area contributed by atoms with Crippen molar-refractivity contribution in [1.82, 2.24) is 5.32 Å². The summed E-state index contributed by atoms with van der Waals surface area (Å²) in [7, 11) is -3.97. The molecule has 0 amide bonds. The number of anilines is 2. The van der Waals surface area contributed by atoms with Gasteiger partial charge in [0.15, 0.2) is 0 Å². The molecule has 0 spiro atoms. The van der Waals surface area contributed by atoms with E-state index in [1.54, 1.807) is 24.3 Å². The van der Waals surface area contributed by atoms with Gasteiger partial charge in [-0.1, -0.05) is 55.1 Å². The maximum Gasteiger partial charge on any atom is 0.278 e. The molecule has 4 rings (SSSR count). The van der Waals surface area contributed by atoms with Crippen molar-refractivity contribution in [1.29, 1.82) is 0 Å². The van der Waals surface area contributed by atoms with E-state index in [0.717, 1.165) is 41.7 Å². The summed E-state index contributed by atoms with van der Waals surface area (Å²) < 4.78 is 27.8. The lowest BCUT2D eigenvalue weighted by Crippen LogP contribution is -2.43. The number of sulfonamides is 1. The van der Waals surface area contributed by atoms with Crippen molar-refractivity contribution in [2.45, 2.75) is 4.90 Å². The summed E-state index contributed by atoms with van der Waals surface area (Å²) in [6.45, 7) is 7.31. The first kappa shape index (κ1) is 19.4. The smallest absolute Gasteiger partial charge is 0.278 e. The Balaban J connectivity index is 1.80. The van der Waals surface area contributed by atoms with Crippen LogP contribution in [-0.2, 0) is 10.0 Å². The van der Waals surface area contributed by atoms with Crippen molar-refractivity contribution >= 4 is 38.2 Å². The van der Waals surface area contributed by atoms with Crippen LogP contribution in [0.3, 0.4) is 0 Å². The maximum atomic E-state index is 13.4. The van der Waals surface area contributed by atoms with Gasteiger partial charge in [0.25, 0.3) is 10.0 Å². The summed E-state index contributed by atoms with van der Waals surface area (Å²) in [5, 5.41) is 4.81. The van der Waals surface area contributed by atoms with Gasteiger partial charge in [-0.2, -0.15) is 8.42 Å². The number of piperazine rings is 1. The summed E-state index contributed by atoms with van der Waals surface area (Å²) in [5.74, 6) is 6.24. The Hall–Kier alpha value is -2.87. The van der Waals surface area contributed by atoms with Crippen LogP contribution in [0.1, 0.15) is 5.56 Å². The summed E-state index contributed by atoms with van der Waals surface area (Å²) in [6.07, 6.45) is 1.62. The highest BCUT2D eigenvalue weighted by molar-refractivity contribution is 7.93. The molecule has 0 unspecified atom stereocenters. The van der Waals surface area contributed by atoms with E-state index >= 15 is 0 Å². The fourth-order valence-corrected chi connectivity index (χ4v) is 5.01. The Morgan fingerprint density at radius 2 is 1.76 bits per heavy atom. The van der Waals surface area contributed by atoms with Crippen molar-refractivity contribution in [3.63, 3.8) is 0 Å². The van der Waals surface area contributed by atoms with Gasteiger partial charge in [-0.3, -0.25) is 0 Å². The van der Waals surface area contributed by atoms with Crippen LogP contribution < -0.4 is 20.5 Å². The molecule has 7 heteroatoms. The highest BCUT2D eigenvalue weighted by Gasteiger charge is 2.26. The minimum absolute atomic E-state index is 0.181. The van der Waals surface area contributed by atoms with Crippen molar-refractivity contribution in [3.05, 3.63) is 72.8 Å². The van der Waals surface area contributed by atoms with E-state index in [1.165, 1.54) is 0 Å². The molecular formula is C22H24N4O2S. The topological polar surface area (TPSA) is 78.7 Å².